The van der Waals surface area contributed by atoms with Crippen molar-refractivity contribution in [3.05, 3.63) is 12.2 Å². The lowest BCUT2D eigenvalue weighted by atomic mass is 10.4. The molecule has 0 aromatic carbocycles. The molecule has 0 saturated heterocycles. The molecule has 0 saturated carbocycles. The second-order valence-electron chi connectivity index (χ2n) is 2.39. The molecule has 0 aliphatic carbocycles. The number of Topliss-reactive ketones (excluding diaryl/α,β-unsaturated/α-hetero) is 1. The number of aliphatic carboxylic acids is 2. The van der Waals surface area contributed by atoms with Crippen molar-refractivity contribution in [3.63, 3.8) is 0 Å². The molecule has 9 heteroatoms. The van der Waals surface area contributed by atoms with Crippen LogP contribution in [0.5, 0.6) is 0 Å². The molecule has 0 unspecified atom stereocenters. The number of carbonyl (C=O) groups excluding carboxylic acids is 3. The maximum atomic E-state index is 10.2. The summed E-state index contributed by atoms with van der Waals surface area (Å²) in [5.74, 6) is -4.23. The first-order chi connectivity index (χ1) is 7.82. The van der Waals surface area contributed by atoms with E-state index in [1.54, 1.807) is 5.32 Å². The van der Waals surface area contributed by atoms with Gasteiger partial charge in [-0.3, -0.25) is 14.9 Å². The molecule has 0 bridgehead atoms. The van der Waals surface area contributed by atoms with Crippen molar-refractivity contribution in [3.8, 4) is 0 Å². The number of nitrogens with zero attached hydrogens (tertiary/aromatic N) is 1. The van der Waals surface area contributed by atoms with Crippen LogP contribution in [0, 0.1) is 0 Å². The number of hydrogen-bond acceptors (Lipinski definition) is 5. The quantitative estimate of drug-likeness (QED) is 0.397. The normalized spacial score (nSPS) is 14.0. The lowest BCUT2D eigenvalue weighted by Gasteiger charge is -1.99. The maximum absolute atomic E-state index is 10.2. The maximum Gasteiger partial charge on any atom is 0.348 e. The molecule has 0 aromatic rings. The van der Waals surface area contributed by atoms with Gasteiger partial charge < -0.3 is 10.2 Å². The van der Waals surface area contributed by atoms with E-state index in [-0.39, 0.29) is 0 Å². The van der Waals surface area contributed by atoms with Crippen LogP contribution in [0.2, 0.25) is 0 Å². The molecule has 0 spiro atoms. The third-order valence-electron chi connectivity index (χ3n) is 1.11. The Morgan fingerprint density at radius 2 is 1.59 bits per heavy atom. The van der Waals surface area contributed by atoms with E-state index < -0.39 is 29.7 Å². The van der Waals surface area contributed by atoms with Gasteiger partial charge in [0.05, 0.1) is 6.21 Å². The van der Waals surface area contributed by atoms with E-state index in [0.29, 0.717) is 18.4 Å². The van der Waals surface area contributed by atoms with Crippen molar-refractivity contribution in [2.24, 2.45) is 4.99 Å². The fraction of sp³-hybridized carbons (Fsp3) is 0. The predicted octanol–water partition coefficient (Wildman–Crippen LogP) is -1.41. The van der Waals surface area contributed by atoms with E-state index in [9.17, 15) is 24.0 Å². The topological polar surface area (TPSA) is 150 Å². The number of amides is 3. The van der Waals surface area contributed by atoms with E-state index in [2.05, 4.69) is 4.99 Å². The second kappa shape index (κ2) is 6.61. The highest BCUT2D eigenvalue weighted by atomic mass is 16.4. The zero-order valence-electron chi connectivity index (χ0n) is 8.11. The van der Waals surface area contributed by atoms with E-state index in [1.807, 2.05) is 0 Å². The standard InChI is InChI=1S/C4H2N2O3.C4H4O4/c7-2-1-5-4(9)6-3(2)8;5-3(6)1-2-4(7)8/h1H,(H,6,8,9);1-2H,(H,5,6)(H,7,8)/b;2-1+. The fourth-order valence-corrected chi connectivity index (χ4v) is 0.509. The Balaban J connectivity index is 0.000000304. The molecule has 3 amide bonds. The average molecular weight is 242 g/mol. The van der Waals surface area contributed by atoms with Crippen molar-refractivity contribution >= 4 is 35.9 Å². The third-order valence-corrected chi connectivity index (χ3v) is 1.11. The molecule has 0 fully saturated rings. The Bertz CT molecular complexity index is 419. The van der Waals surface area contributed by atoms with E-state index >= 15 is 0 Å². The summed E-state index contributed by atoms with van der Waals surface area (Å²) in [5, 5.41) is 17.3. The number of carboxylic acid groups (broad SMARTS) is 2. The fourth-order valence-electron chi connectivity index (χ4n) is 0.509. The van der Waals surface area contributed by atoms with Crippen molar-refractivity contribution in [2.75, 3.05) is 0 Å². The van der Waals surface area contributed by atoms with Gasteiger partial charge in [0.15, 0.2) is 0 Å². The molecule has 1 rings (SSSR count). The van der Waals surface area contributed by atoms with Gasteiger partial charge in [-0.25, -0.2) is 14.4 Å². The smallest absolute Gasteiger partial charge is 0.348 e. The lowest BCUT2D eigenvalue weighted by Crippen LogP contribution is -2.38. The zero-order chi connectivity index (χ0) is 13.4. The van der Waals surface area contributed by atoms with E-state index in [1.165, 1.54) is 0 Å². The summed E-state index contributed by atoms with van der Waals surface area (Å²) in [7, 11) is 0. The van der Waals surface area contributed by atoms with Gasteiger partial charge in [0.2, 0.25) is 0 Å². The summed E-state index contributed by atoms with van der Waals surface area (Å²) in [4.78, 5) is 52.7. The molecular weight excluding hydrogens is 236 g/mol. The van der Waals surface area contributed by atoms with Gasteiger partial charge in [-0.1, -0.05) is 0 Å². The van der Waals surface area contributed by atoms with Gasteiger partial charge in [0, 0.05) is 12.2 Å². The highest BCUT2D eigenvalue weighted by Crippen LogP contribution is 1.81. The summed E-state index contributed by atoms with van der Waals surface area (Å²) in [5.41, 5.74) is 0. The Morgan fingerprint density at radius 3 is 1.88 bits per heavy atom. The van der Waals surface area contributed by atoms with Crippen molar-refractivity contribution < 1.29 is 34.2 Å². The first-order valence-corrected chi connectivity index (χ1v) is 3.90. The van der Waals surface area contributed by atoms with Crippen molar-refractivity contribution in [1.82, 2.24) is 5.32 Å². The molecule has 0 atom stereocenters. The van der Waals surface area contributed by atoms with Crippen LogP contribution in [0.3, 0.4) is 0 Å². The third kappa shape index (κ3) is 7.13. The minimum absolute atomic E-state index is 0.558. The molecular formula is C8H6N2O7. The van der Waals surface area contributed by atoms with Crippen LogP contribution in [0.4, 0.5) is 4.79 Å². The minimum atomic E-state index is -1.26. The Kier molecular flexibility index (Phi) is 5.50. The second-order valence-corrected chi connectivity index (χ2v) is 2.39. The number of rotatable bonds is 2. The van der Waals surface area contributed by atoms with Crippen LogP contribution >= 0.6 is 0 Å². The molecule has 0 radical (unpaired) electrons. The van der Waals surface area contributed by atoms with Gasteiger partial charge in [0.1, 0.15) is 0 Å². The number of ketones is 1. The zero-order valence-corrected chi connectivity index (χ0v) is 8.11. The Morgan fingerprint density at radius 1 is 1.12 bits per heavy atom. The largest absolute Gasteiger partial charge is 0.478 e. The van der Waals surface area contributed by atoms with Gasteiger partial charge in [0.25, 0.3) is 5.78 Å². The molecule has 1 aliphatic rings. The van der Waals surface area contributed by atoms with Crippen LogP contribution in [0.25, 0.3) is 0 Å². The van der Waals surface area contributed by atoms with Gasteiger partial charge in [-0.05, 0) is 0 Å². The molecule has 9 nitrogen and oxygen atoms in total. The number of carboxylic acids is 2. The predicted molar refractivity (Wildman–Crippen MR) is 51.4 cm³/mol. The molecule has 3 N–H and O–H groups in total. The molecule has 90 valence electrons. The summed E-state index contributed by atoms with van der Waals surface area (Å²) < 4.78 is 0. The van der Waals surface area contributed by atoms with Gasteiger partial charge in [-0.15, -0.1) is 0 Å². The van der Waals surface area contributed by atoms with Crippen molar-refractivity contribution in [1.29, 1.82) is 0 Å². The van der Waals surface area contributed by atoms with Gasteiger partial charge >= 0.3 is 23.9 Å². The number of nitrogens with one attached hydrogen (secondary N) is 1. The molecule has 1 aliphatic heterocycles. The first-order valence-electron chi connectivity index (χ1n) is 3.90. The van der Waals surface area contributed by atoms with E-state index in [0.717, 1.165) is 0 Å². The first kappa shape index (κ1) is 14.2. The Hall–Kier alpha value is -2.84. The average Bonchev–Trinajstić information content (AvgIpc) is 2.22. The summed E-state index contributed by atoms with van der Waals surface area (Å²) in [6.07, 6.45) is 1.81. The van der Waals surface area contributed by atoms with Crippen LogP contribution in [-0.4, -0.2) is 46.1 Å². The summed E-state index contributed by atoms with van der Waals surface area (Å²) >= 11 is 0. The highest BCUT2D eigenvalue weighted by molar-refractivity contribution is 6.61. The van der Waals surface area contributed by atoms with Crippen molar-refractivity contribution in [2.45, 2.75) is 0 Å². The van der Waals surface area contributed by atoms with E-state index in [4.69, 9.17) is 10.2 Å². The Labute approximate surface area is 93.4 Å². The number of hydrogen-bond donors (Lipinski definition) is 3. The monoisotopic (exact) mass is 242 g/mol. The lowest BCUT2D eigenvalue weighted by molar-refractivity contribution is -0.134. The highest BCUT2D eigenvalue weighted by Gasteiger charge is 2.18. The minimum Gasteiger partial charge on any atom is -0.478 e. The van der Waals surface area contributed by atoms with Crippen LogP contribution < -0.4 is 5.32 Å². The van der Waals surface area contributed by atoms with Crippen LogP contribution in [0.1, 0.15) is 0 Å². The summed E-state index contributed by atoms with van der Waals surface area (Å²) in [6.45, 7) is 0. The van der Waals surface area contributed by atoms with Gasteiger partial charge in [-0.2, -0.15) is 4.99 Å². The molecule has 1 heterocycles. The summed E-state index contributed by atoms with van der Waals surface area (Å²) in [6, 6.07) is -0.792. The van der Waals surface area contributed by atoms with Crippen LogP contribution in [-0.2, 0) is 19.2 Å². The number of carbonyl (C=O) groups is 5. The number of aliphatic imine (C=N–C) groups is 1. The number of imide groups is 1. The van der Waals surface area contributed by atoms with Crippen LogP contribution in [0.15, 0.2) is 17.1 Å². The molecule has 17 heavy (non-hydrogen) atoms. The molecule has 0 aromatic heterocycles. The number of urea groups is 1. The SMILES string of the molecule is O=C(O)/C=C/C(=O)O.O=C1N=CC(=O)C(=O)N1.